The molecule has 0 aromatic carbocycles. The molecule has 0 atom stereocenters. The van der Waals surface area contributed by atoms with Gasteiger partial charge < -0.3 is 0 Å². The van der Waals surface area contributed by atoms with E-state index < -0.39 is 0 Å². The molecule has 12 heavy (non-hydrogen) atoms. The first-order valence-electron chi connectivity index (χ1n) is 3.95. The van der Waals surface area contributed by atoms with Gasteiger partial charge in [0.15, 0.2) is 0 Å². The van der Waals surface area contributed by atoms with Crippen molar-refractivity contribution in [3.05, 3.63) is 27.8 Å². The molecule has 1 aromatic rings. The molecule has 0 unspecified atom stereocenters. The first kappa shape index (κ1) is 8.73. The highest BCUT2D eigenvalue weighted by Crippen LogP contribution is 2.35. The van der Waals surface area contributed by atoms with Crippen LogP contribution in [0, 0.1) is 0 Å². The van der Waals surface area contributed by atoms with Crippen LogP contribution in [0.1, 0.15) is 11.3 Å². The largest absolute Gasteiger partial charge is 0.143 e. The van der Waals surface area contributed by atoms with Crippen LogP contribution < -0.4 is 0 Å². The van der Waals surface area contributed by atoms with E-state index in [1.54, 1.807) is 0 Å². The molecule has 0 saturated carbocycles. The minimum atomic E-state index is 1.27. The maximum absolute atomic E-state index is 2.31. The van der Waals surface area contributed by atoms with Gasteiger partial charge in [-0.2, -0.15) is 0 Å². The highest BCUT2D eigenvalue weighted by Gasteiger charge is 2.06. The minimum absolute atomic E-state index is 1.27. The van der Waals surface area contributed by atoms with Gasteiger partial charge in [0, 0.05) is 9.78 Å². The summed E-state index contributed by atoms with van der Waals surface area (Å²) in [6, 6.07) is 4.33. The molecule has 0 bridgehead atoms. The smallest absolute Gasteiger partial charge is 0.0411 e. The number of thioether (sulfide) groups is 2. The molecule has 1 aliphatic rings. The van der Waals surface area contributed by atoms with Gasteiger partial charge in [0.2, 0.25) is 0 Å². The van der Waals surface area contributed by atoms with Crippen molar-refractivity contribution in [2.75, 3.05) is 11.5 Å². The quantitative estimate of drug-likeness (QED) is 0.695. The second kappa shape index (κ2) is 4.40. The van der Waals surface area contributed by atoms with E-state index in [0.29, 0.717) is 0 Å². The van der Waals surface area contributed by atoms with Gasteiger partial charge in [-0.3, -0.25) is 0 Å². The molecule has 0 aliphatic carbocycles. The van der Waals surface area contributed by atoms with E-state index in [9.17, 15) is 0 Å². The Morgan fingerprint density at radius 1 is 1.25 bits per heavy atom. The van der Waals surface area contributed by atoms with Crippen molar-refractivity contribution in [1.29, 1.82) is 0 Å². The van der Waals surface area contributed by atoms with Crippen LogP contribution in [0.15, 0.2) is 22.9 Å². The monoisotopic (exact) mass is 214 g/mol. The SMILES string of the molecule is C1=C(c2cccs2)SCCCS1. The second-order valence-corrected chi connectivity index (χ2v) is 5.59. The maximum atomic E-state index is 2.31. The average molecular weight is 214 g/mol. The van der Waals surface area contributed by atoms with Gasteiger partial charge in [-0.25, -0.2) is 0 Å². The summed E-state index contributed by atoms with van der Waals surface area (Å²) in [5, 5.41) is 4.45. The maximum Gasteiger partial charge on any atom is 0.0411 e. The predicted octanol–water partition coefficient (Wildman–Crippen LogP) is 3.92. The first-order valence-corrected chi connectivity index (χ1v) is 6.87. The van der Waals surface area contributed by atoms with Gasteiger partial charge in [0.05, 0.1) is 0 Å². The van der Waals surface area contributed by atoms with E-state index >= 15 is 0 Å². The van der Waals surface area contributed by atoms with Crippen LogP contribution in [0.3, 0.4) is 0 Å². The normalized spacial score (nSPS) is 18.5. The standard InChI is InChI=1S/C9H10S3/c1-3-8(11-5-1)9-7-10-4-2-6-12-9/h1,3,5,7H,2,4,6H2. The van der Waals surface area contributed by atoms with Crippen LogP contribution >= 0.6 is 34.9 Å². The summed E-state index contributed by atoms with van der Waals surface area (Å²) < 4.78 is 0. The molecular formula is C9H10S3. The van der Waals surface area contributed by atoms with Crippen molar-refractivity contribution in [1.82, 2.24) is 0 Å². The lowest BCUT2D eigenvalue weighted by Crippen LogP contribution is -1.77. The Labute approximate surface area is 85.4 Å². The Balaban J connectivity index is 2.16. The summed E-state index contributed by atoms with van der Waals surface area (Å²) in [5.74, 6) is 2.55. The molecule has 0 nitrogen and oxygen atoms in total. The Morgan fingerprint density at radius 3 is 3.08 bits per heavy atom. The van der Waals surface area contributed by atoms with Gasteiger partial charge in [-0.05, 0) is 34.8 Å². The predicted molar refractivity (Wildman–Crippen MR) is 61.8 cm³/mol. The molecule has 0 spiro atoms. The van der Waals surface area contributed by atoms with Gasteiger partial charge in [-0.15, -0.1) is 34.9 Å². The fourth-order valence-electron chi connectivity index (χ4n) is 1.04. The van der Waals surface area contributed by atoms with Crippen LogP contribution in [0.25, 0.3) is 4.91 Å². The molecule has 64 valence electrons. The number of hydrogen-bond acceptors (Lipinski definition) is 3. The third kappa shape index (κ3) is 2.09. The Morgan fingerprint density at radius 2 is 2.25 bits per heavy atom. The summed E-state index contributed by atoms with van der Waals surface area (Å²) in [6.07, 6.45) is 1.33. The zero-order valence-electron chi connectivity index (χ0n) is 6.66. The summed E-state index contributed by atoms with van der Waals surface area (Å²) in [7, 11) is 0. The molecule has 3 heteroatoms. The molecule has 2 heterocycles. The molecule has 0 N–H and O–H groups in total. The van der Waals surface area contributed by atoms with Crippen molar-refractivity contribution in [3.8, 4) is 0 Å². The summed E-state index contributed by atoms with van der Waals surface area (Å²) >= 11 is 5.77. The fourth-order valence-corrected chi connectivity index (χ4v) is 4.16. The van der Waals surface area contributed by atoms with Crippen LogP contribution in [0.5, 0.6) is 0 Å². The molecule has 0 fully saturated rings. The highest BCUT2D eigenvalue weighted by molar-refractivity contribution is 8.11. The van der Waals surface area contributed by atoms with E-state index in [-0.39, 0.29) is 0 Å². The number of rotatable bonds is 1. The first-order chi connectivity index (χ1) is 5.97. The number of thiophene rings is 1. The van der Waals surface area contributed by atoms with Crippen molar-refractivity contribution >= 4 is 39.8 Å². The summed E-state index contributed by atoms with van der Waals surface area (Å²) in [4.78, 5) is 2.89. The van der Waals surface area contributed by atoms with E-state index in [4.69, 9.17) is 0 Å². The average Bonchev–Trinajstić information content (AvgIpc) is 2.48. The van der Waals surface area contributed by atoms with Gasteiger partial charge >= 0.3 is 0 Å². The molecule has 1 aliphatic heterocycles. The van der Waals surface area contributed by atoms with E-state index in [1.165, 1.54) is 27.7 Å². The lowest BCUT2D eigenvalue weighted by atomic mass is 10.5. The van der Waals surface area contributed by atoms with Crippen molar-refractivity contribution in [2.45, 2.75) is 6.42 Å². The topological polar surface area (TPSA) is 0 Å². The van der Waals surface area contributed by atoms with Crippen LogP contribution in [0.2, 0.25) is 0 Å². The Bertz CT molecular complexity index is 261. The molecule has 0 amide bonds. The van der Waals surface area contributed by atoms with E-state index in [2.05, 4.69) is 22.9 Å². The second-order valence-electron chi connectivity index (χ2n) is 2.53. The third-order valence-corrected chi connectivity index (χ3v) is 4.87. The Kier molecular flexibility index (Phi) is 3.20. The number of hydrogen-bond donors (Lipinski definition) is 0. The zero-order chi connectivity index (χ0) is 8.23. The molecular weight excluding hydrogens is 204 g/mol. The van der Waals surface area contributed by atoms with Crippen LogP contribution in [-0.2, 0) is 0 Å². The van der Waals surface area contributed by atoms with Crippen molar-refractivity contribution < 1.29 is 0 Å². The third-order valence-electron chi connectivity index (χ3n) is 1.62. The van der Waals surface area contributed by atoms with Gasteiger partial charge in [0.1, 0.15) is 0 Å². The summed E-state index contributed by atoms with van der Waals surface area (Å²) in [5.41, 5.74) is 0. The molecule has 0 saturated heterocycles. The molecule has 2 rings (SSSR count). The van der Waals surface area contributed by atoms with Crippen molar-refractivity contribution in [2.24, 2.45) is 0 Å². The van der Waals surface area contributed by atoms with E-state index in [1.807, 2.05) is 34.9 Å². The zero-order valence-corrected chi connectivity index (χ0v) is 9.10. The van der Waals surface area contributed by atoms with Gasteiger partial charge in [-0.1, -0.05) is 6.07 Å². The summed E-state index contributed by atoms with van der Waals surface area (Å²) in [6.45, 7) is 0. The Hall–Kier alpha value is 0.140. The van der Waals surface area contributed by atoms with Gasteiger partial charge in [0.25, 0.3) is 0 Å². The highest BCUT2D eigenvalue weighted by atomic mass is 32.2. The van der Waals surface area contributed by atoms with Crippen molar-refractivity contribution in [3.63, 3.8) is 0 Å². The molecule has 0 radical (unpaired) electrons. The van der Waals surface area contributed by atoms with Crippen LogP contribution in [0.4, 0.5) is 0 Å². The lowest BCUT2D eigenvalue weighted by Gasteiger charge is -1.98. The van der Waals surface area contributed by atoms with E-state index in [0.717, 1.165) is 0 Å². The van der Waals surface area contributed by atoms with Crippen LogP contribution in [-0.4, -0.2) is 11.5 Å². The minimum Gasteiger partial charge on any atom is -0.143 e. The molecule has 1 aromatic heterocycles. The lowest BCUT2D eigenvalue weighted by molar-refractivity contribution is 1.13. The fraction of sp³-hybridized carbons (Fsp3) is 0.333.